The van der Waals surface area contributed by atoms with Crippen LogP contribution in [0.4, 0.5) is 0 Å². The Bertz CT molecular complexity index is 253. The molecule has 0 aliphatic carbocycles. The van der Waals surface area contributed by atoms with E-state index >= 15 is 0 Å². The Morgan fingerprint density at radius 2 is 2.00 bits per heavy atom. The number of benzene rings is 1. The molecule has 0 aliphatic heterocycles. The van der Waals surface area contributed by atoms with Gasteiger partial charge in [0, 0.05) is 0 Å². The first-order chi connectivity index (χ1) is 5.77. The summed E-state index contributed by atoms with van der Waals surface area (Å²) in [5.41, 5.74) is 2.72. The average molecular weight is 164 g/mol. The second kappa shape index (κ2) is 4.15. The van der Waals surface area contributed by atoms with Gasteiger partial charge in [-0.25, -0.2) is 0 Å². The predicted octanol–water partition coefficient (Wildman–Crippen LogP) is 2.96. The van der Waals surface area contributed by atoms with Crippen molar-refractivity contribution < 1.29 is 4.74 Å². The summed E-state index contributed by atoms with van der Waals surface area (Å²) in [4.78, 5) is 0. The molecule has 0 atom stereocenters. The number of hydrogen-bond acceptors (Lipinski definition) is 1. The third kappa shape index (κ3) is 2.00. The van der Waals surface area contributed by atoms with Gasteiger partial charge in [0.25, 0.3) is 0 Å². The molecule has 0 heterocycles. The molecule has 0 N–H and O–H groups in total. The standard InChI is InChI=1S/C11H16O/c1-4-10-8-11(12-5-2)7-6-9(10)3/h6-8H,4-5H2,1-3H3. The van der Waals surface area contributed by atoms with Crippen LogP contribution in [0.3, 0.4) is 0 Å². The van der Waals surface area contributed by atoms with Crippen molar-refractivity contribution in [3.05, 3.63) is 29.3 Å². The van der Waals surface area contributed by atoms with Gasteiger partial charge >= 0.3 is 0 Å². The van der Waals surface area contributed by atoms with E-state index in [1.54, 1.807) is 0 Å². The largest absolute Gasteiger partial charge is 0.494 e. The highest BCUT2D eigenvalue weighted by Gasteiger charge is 1.97. The minimum atomic E-state index is 0.742. The van der Waals surface area contributed by atoms with E-state index in [1.807, 2.05) is 13.0 Å². The van der Waals surface area contributed by atoms with Gasteiger partial charge in [-0.3, -0.25) is 0 Å². The molecule has 0 saturated heterocycles. The quantitative estimate of drug-likeness (QED) is 0.667. The van der Waals surface area contributed by atoms with Gasteiger partial charge in [0.05, 0.1) is 6.61 Å². The van der Waals surface area contributed by atoms with E-state index in [-0.39, 0.29) is 0 Å². The maximum absolute atomic E-state index is 5.40. The van der Waals surface area contributed by atoms with E-state index in [9.17, 15) is 0 Å². The van der Waals surface area contributed by atoms with Crippen LogP contribution in [-0.4, -0.2) is 6.61 Å². The number of rotatable bonds is 3. The zero-order valence-electron chi connectivity index (χ0n) is 8.05. The van der Waals surface area contributed by atoms with Crippen LogP contribution in [0.15, 0.2) is 18.2 Å². The smallest absolute Gasteiger partial charge is 0.119 e. The fraction of sp³-hybridized carbons (Fsp3) is 0.455. The first-order valence-electron chi connectivity index (χ1n) is 4.50. The Kier molecular flexibility index (Phi) is 3.15. The minimum Gasteiger partial charge on any atom is -0.494 e. The van der Waals surface area contributed by atoms with Crippen LogP contribution >= 0.6 is 0 Å². The highest BCUT2D eigenvalue weighted by molar-refractivity contribution is 5.34. The molecule has 0 radical (unpaired) electrons. The van der Waals surface area contributed by atoms with Crippen LogP contribution in [0.2, 0.25) is 0 Å². The zero-order chi connectivity index (χ0) is 8.97. The van der Waals surface area contributed by atoms with E-state index < -0.39 is 0 Å². The SMILES string of the molecule is CCOc1ccc(C)c(CC)c1. The van der Waals surface area contributed by atoms with Gasteiger partial charge in [-0.1, -0.05) is 13.0 Å². The first kappa shape index (κ1) is 9.11. The molecule has 1 rings (SSSR count). The zero-order valence-corrected chi connectivity index (χ0v) is 8.05. The summed E-state index contributed by atoms with van der Waals surface area (Å²) in [5, 5.41) is 0. The summed E-state index contributed by atoms with van der Waals surface area (Å²) in [6, 6.07) is 6.26. The Hall–Kier alpha value is -0.980. The lowest BCUT2D eigenvalue weighted by atomic mass is 10.1. The number of aryl methyl sites for hydroxylation is 2. The van der Waals surface area contributed by atoms with Crippen molar-refractivity contribution in [1.29, 1.82) is 0 Å². The fourth-order valence-electron chi connectivity index (χ4n) is 1.29. The van der Waals surface area contributed by atoms with Crippen molar-refractivity contribution in [3.63, 3.8) is 0 Å². The molecule has 0 aliphatic rings. The van der Waals surface area contributed by atoms with Crippen molar-refractivity contribution >= 4 is 0 Å². The van der Waals surface area contributed by atoms with E-state index in [1.165, 1.54) is 11.1 Å². The van der Waals surface area contributed by atoms with Crippen LogP contribution in [0.25, 0.3) is 0 Å². The van der Waals surface area contributed by atoms with E-state index in [0.29, 0.717) is 0 Å². The predicted molar refractivity (Wildman–Crippen MR) is 51.7 cm³/mol. The number of hydrogen-bond donors (Lipinski definition) is 0. The molecule has 1 aromatic carbocycles. The van der Waals surface area contributed by atoms with Gasteiger partial charge < -0.3 is 4.74 Å². The van der Waals surface area contributed by atoms with Crippen LogP contribution < -0.4 is 4.74 Å². The summed E-state index contributed by atoms with van der Waals surface area (Å²) in [6.07, 6.45) is 1.08. The lowest BCUT2D eigenvalue weighted by Gasteiger charge is -2.07. The molecule has 0 spiro atoms. The van der Waals surface area contributed by atoms with Crippen LogP contribution in [0, 0.1) is 6.92 Å². The topological polar surface area (TPSA) is 9.23 Å². The lowest BCUT2D eigenvalue weighted by Crippen LogP contribution is -1.93. The summed E-state index contributed by atoms with van der Waals surface area (Å²) in [7, 11) is 0. The maximum Gasteiger partial charge on any atom is 0.119 e. The first-order valence-corrected chi connectivity index (χ1v) is 4.50. The molecule has 0 amide bonds. The summed E-state index contributed by atoms with van der Waals surface area (Å²) in [6.45, 7) is 7.05. The molecule has 0 saturated carbocycles. The Labute approximate surface area is 74.4 Å². The molecule has 0 bridgehead atoms. The van der Waals surface area contributed by atoms with E-state index in [0.717, 1.165) is 18.8 Å². The highest BCUT2D eigenvalue weighted by atomic mass is 16.5. The van der Waals surface area contributed by atoms with Crippen LogP contribution in [0.5, 0.6) is 5.75 Å². The molecule has 0 aromatic heterocycles. The molecule has 1 heteroatoms. The Balaban J connectivity index is 2.89. The molecule has 1 aromatic rings. The second-order valence-corrected chi connectivity index (χ2v) is 2.87. The molecular weight excluding hydrogens is 148 g/mol. The monoisotopic (exact) mass is 164 g/mol. The third-order valence-electron chi connectivity index (χ3n) is 2.01. The molecule has 12 heavy (non-hydrogen) atoms. The maximum atomic E-state index is 5.40. The molecule has 1 nitrogen and oxygen atoms in total. The van der Waals surface area contributed by atoms with Gasteiger partial charge in [0.2, 0.25) is 0 Å². The van der Waals surface area contributed by atoms with Gasteiger partial charge in [-0.05, 0) is 43.5 Å². The van der Waals surface area contributed by atoms with Crippen molar-refractivity contribution in [2.45, 2.75) is 27.2 Å². The lowest BCUT2D eigenvalue weighted by molar-refractivity contribution is 0.340. The van der Waals surface area contributed by atoms with Crippen molar-refractivity contribution in [3.8, 4) is 5.75 Å². The van der Waals surface area contributed by atoms with Crippen molar-refractivity contribution in [2.24, 2.45) is 0 Å². The molecule has 0 fully saturated rings. The third-order valence-corrected chi connectivity index (χ3v) is 2.01. The van der Waals surface area contributed by atoms with Gasteiger partial charge in [-0.2, -0.15) is 0 Å². The Morgan fingerprint density at radius 3 is 2.58 bits per heavy atom. The normalized spacial score (nSPS) is 9.92. The molecular formula is C11H16O. The minimum absolute atomic E-state index is 0.742. The Morgan fingerprint density at radius 1 is 1.25 bits per heavy atom. The van der Waals surface area contributed by atoms with Crippen LogP contribution in [-0.2, 0) is 6.42 Å². The van der Waals surface area contributed by atoms with E-state index in [4.69, 9.17) is 4.74 Å². The van der Waals surface area contributed by atoms with Crippen LogP contribution in [0.1, 0.15) is 25.0 Å². The van der Waals surface area contributed by atoms with Crippen molar-refractivity contribution in [1.82, 2.24) is 0 Å². The van der Waals surface area contributed by atoms with Gasteiger partial charge in [0.15, 0.2) is 0 Å². The van der Waals surface area contributed by atoms with E-state index in [2.05, 4.69) is 26.0 Å². The van der Waals surface area contributed by atoms with Gasteiger partial charge in [0.1, 0.15) is 5.75 Å². The average Bonchev–Trinajstić information content (AvgIpc) is 2.09. The molecule has 0 unspecified atom stereocenters. The second-order valence-electron chi connectivity index (χ2n) is 2.87. The summed E-state index contributed by atoms with van der Waals surface area (Å²) >= 11 is 0. The summed E-state index contributed by atoms with van der Waals surface area (Å²) in [5.74, 6) is 0.986. The highest BCUT2D eigenvalue weighted by Crippen LogP contribution is 2.17. The van der Waals surface area contributed by atoms with Crippen molar-refractivity contribution in [2.75, 3.05) is 6.61 Å². The number of ether oxygens (including phenoxy) is 1. The summed E-state index contributed by atoms with van der Waals surface area (Å²) < 4.78 is 5.40. The van der Waals surface area contributed by atoms with Gasteiger partial charge in [-0.15, -0.1) is 0 Å². The fourth-order valence-corrected chi connectivity index (χ4v) is 1.29. The molecule has 66 valence electrons.